The minimum atomic E-state index is -1.72. The number of anilines is 1. The molecule has 2 saturated carbocycles. The zero-order valence-electron chi connectivity index (χ0n) is 16.2. The van der Waals surface area contributed by atoms with E-state index < -0.39 is 17.2 Å². The Kier molecular flexibility index (Phi) is 3.86. The van der Waals surface area contributed by atoms with Gasteiger partial charge in [0.2, 0.25) is 11.7 Å². The Morgan fingerprint density at radius 1 is 1.33 bits per heavy atom. The second kappa shape index (κ2) is 6.25. The molecule has 3 heterocycles. The monoisotopic (exact) mass is 409 g/mol. The second-order valence-electron chi connectivity index (χ2n) is 7.55. The predicted molar refractivity (Wildman–Crippen MR) is 103 cm³/mol. The molecule has 1 amide bonds. The van der Waals surface area contributed by atoms with Crippen LogP contribution >= 0.6 is 0 Å². The van der Waals surface area contributed by atoms with Crippen molar-refractivity contribution in [1.82, 2.24) is 29.8 Å². The summed E-state index contributed by atoms with van der Waals surface area (Å²) in [5.41, 5.74) is -2.00. The van der Waals surface area contributed by atoms with Gasteiger partial charge in [-0.3, -0.25) is 9.36 Å². The average Bonchev–Trinajstić information content (AvgIpc) is 3.11. The highest BCUT2D eigenvalue weighted by Gasteiger charge is 2.76. The van der Waals surface area contributed by atoms with Crippen molar-refractivity contribution >= 4 is 22.9 Å². The van der Waals surface area contributed by atoms with Gasteiger partial charge in [0, 0.05) is 20.5 Å². The summed E-state index contributed by atoms with van der Waals surface area (Å²) < 4.78 is 6.50. The van der Waals surface area contributed by atoms with Crippen LogP contribution in [0.15, 0.2) is 23.3 Å². The molecule has 30 heavy (non-hydrogen) atoms. The first-order valence-electron chi connectivity index (χ1n) is 9.40. The maximum Gasteiger partial charge on any atom is 0.229 e. The van der Waals surface area contributed by atoms with E-state index in [0.717, 1.165) is 0 Å². The van der Waals surface area contributed by atoms with Gasteiger partial charge in [0.15, 0.2) is 34.9 Å². The molecule has 5 rings (SSSR count). The molecular formula is C19H19N7O4. The maximum atomic E-state index is 12.4. The van der Waals surface area contributed by atoms with Crippen LogP contribution in [-0.4, -0.2) is 60.8 Å². The number of aromatic nitrogens is 5. The number of nitrogens with zero attached hydrogens (tertiary/aromatic N) is 5. The van der Waals surface area contributed by atoms with Gasteiger partial charge in [-0.25, -0.2) is 19.9 Å². The standard InChI is InChI=1S/C19H19N7O4/c1-20-14-13-15(25-12(24-14)4-3-11-7-22-9-30-11)26(8-23-13)19(29)6-10-5-18(10,16(19)27)17(28)21-2/h7-10,16,27,29H,5-6H2,1-2H3,(H,21,28)(H,20,24,25)/t10?,16-,18?,19+/m1/s1. The molecule has 4 N–H and O–H groups in total. The van der Waals surface area contributed by atoms with E-state index in [9.17, 15) is 15.0 Å². The van der Waals surface area contributed by atoms with Crippen molar-refractivity contribution in [2.45, 2.75) is 24.7 Å². The first-order valence-corrected chi connectivity index (χ1v) is 9.40. The van der Waals surface area contributed by atoms with Crippen LogP contribution in [0.5, 0.6) is 0 Å². The fourth-order valence-corrected chi connectivity index (χ4v) is 4.50. The normalized spacial score (nSPS) is 29.2. The fraction of sp³-hybridized carbons (Fsp3) is 0.421. The van der Waals surface area contributed by atoms with Crippen molar-refractivity contribution < 1.29 is 19.4 Å². The molecule has 154 valence electrons. The van der Waals surface area contributed by atoms with Gasteiger partial charge in [0.25, 0.3) is 0 Å². The molecule has 2 aliphatic carbocycles. The van der Waals surface area contributed by atoms with E-state index in [1.807, 2.05) is 0 Å². The van der Waals surface area contributed by atoms with Crippen LogP contribution in [0.1, 0.15) is 24.4 Å². The van der Waals surface area contributed by atoms with E-state index in [4.69, 9.17) is 4.42 Å². The number of nitrogens with one attached hydrogen (secondary N) is 2. The van der Waals surface area contributed by atoms with Gasteiger partial charge in [-0.05, 0) is 24.2 Å². The van der Waals surface area contributed by atoms with Crippen LogP contribution in [-0.2, 0) is 10.5 Å². The van der Waals surface area contributed by atoms with E-state index in [-0.39, 0.29) is 24.1 Å². The Balaban J connectivity index is 1.61. The number of oxazole rings is 1. The molecule has 11 heteroatoms. The van der Waals surface area contributed by atoms with Gasteiger partial charge in [0.1, 0.15) is 6.10 Å². The summed E-state index contributed by atoms with van der Waals surface area (Å²) in [5, 5.41) is 28.0. The molecule has 2 fully saturated rings. The lowest BCUT2D eigenvalue weighted by Gasteiger charge is -2.33. The SMILES string of the molecule is CNC(=O)C12CC1C[C@@](O)(n1cnc3c(NC)nc(C#Cc4cnco4)nc31)[C@@H]2O. The van der Waals surface area contributed by atoms with Crippen molar-refractivity contribution in [3.8, 4) is 11.8 Å². The fourth-order valence-electron chi connectivity index (χ4n) is 4.50. The molecule has 0 bridgehead atoms. The van der Waals surface area contributed by atoms with Gasteiger partial charge in [-0.15, -0.1) is 0 Å². The third-order valence-electron chi connectivity index (χ3n) is 6.05. The first kappa shape index (κ1) is 18.5. The minimum absolute atomic E-state index is 0.119. The number of fused-ring (bicyclic) bond motifs is 2. The molecule has 2 unspecified atom stereocenters. The quantitative estimate of drug-likeness (QED) is 0.416. The molecule has 11 nitrogen and oxygen atoms in total. The zero-order chi connectivity index (χ0) is 21.1. The van der Waals surface area contributed by atoms with E-state index in [2.05, 4.69) is 42.4 Å². The lowest BCUT2D eigenvalue weighted by Crippen LogP contribution is -2.49. The number of aliphatic hydroxyl groups is 2. The van der Waals surface area contributed by atoms with Gasteiger partial charge >= 0.3 is 0 Å². The van der Waals surface area contributed by atoms with Crippen LogP contribution in [0.2, 0.25) is 0 Å². The predicted octanol–water partition coefficient (Wildman–Crippen LogP) is -0.582. The summed E-state index contributed by atoms with van der Waals surface area (Å²) in [5.74, 6) is 6.13. The zero-order valence-corrected chi connectivity index (χ0v) is 16.2. The number of carbonyl (C=O) groups excluding carboxylic acids is 1. The van der Waals surface area contributed by atoms with E-state index >= 15 is 0 Å². The molecule has 0 spiro atoms. The van der Waals surface area contributed by atoms with Crippen molar-refractivity contribution in [3.63, 3.8) is 0 Å². The van der Waals surface area contributed by atoms with Crippen LogP contribution in [0.25, 0.3) is 11.2 Å². The maximum absolute atomic E-state index is 12.4. The van der Waals surface area contributed by atoms with E-state index in [0.29, 0.717) is 29.2 Å². The van der Waals surface area contributed by atoms with Gasteiger partial charge < -0.3 is 25.3 Å². The minimum Gasteiger partial charge on any atom is -0.435 e. The number of imidazole rings is 1. The van der Waals surface area contributed by atoms with Crippen LogP contribution in [0.4, 0.5) is 5.82 Å². The molecule has 4 atom stereocenters. The summed E-state index contributed by atoms with van der Waals surface area (Å²) in [6, 6.07) is 0. The Morgan fingerprint density at radius 2 is 2.17 bits per heavy atom. The Morgan fingerprint density at radius 3 is 2.87 bits per heavy atom. The van der Waals surface area contributed by atoms with Gasteiger partial charge in [-0.1, -0.05) is 0 Å². The van der Waals surface area contributed by atoms with Crippen molar-refractivity contribution in [2.75, 3.05) is 19.4 Å². The molecule has 0 saturated heterocycles. The van der Waals surface area contributed by atoms with E-state index in [1.165, 1.54) is 30.5 Å². The molecule has 2 aliphatic rings. The number of amides is 1. The molecular weight excluding hydrogens is 390 g/mol. The number of carbonyl (C=O) groups is 1. The van der Waals surface area contributed by atoms with Gasteiger partial charge in [-0.2, -0.15) is 0 Å². The molecule has 0 aromatic carbocycles. The summed E-state index contributed by atoms with van der Waals surface area (Å²) in [7, 11) is 3.21. The Bertz CT molecular complexity index is 1210. The summed E-state index contributed by atoms with van der Waals surface area (Å²) in [4.78, 5) is 29.3. The number of hydrogen-bond donors (Lipinski definition) is 4. The average molecular weight is 409 g/mol. The topological polar surface area (TPSA) is 151 Å². The highest BCUT2D eigenvalue weighted by molar-refractivity contribution is 5.88. The highest BCUT2D eigenvalue weighted by atomic mass is 16.4. The van der Waals surface area contributed by atoms with Crippen molar-refractivity contribution in [2.24, 2.45) is 11.3 Å². The van der Waals surface area contributed by atoms with Crippen LogP contribution in [0.3, 0.4) is 0 Å². The van der Waals surface area contributed by atoms with Gasteiger partial charge in [0.05, 0.1) is 17.9 Å². The third-order valence-corrected chi connectivity index (χ3v) is 6.05. The van der Waals surface area contributed by atoms with E-state index in [1.54, 1.807) is 7.05 Å². The molecule has 0 radical (unpaired) electrons. The van der Waals surface area contributed by atoms with Crippen molar-refractivity contribution in [1.29, 1.82) is 0 Å². The molecule has 3 aromatic rings. The number of aliphatic hydroxyl groups excluding tert-OH is 1. The Labute approximate surface area is 170 Å². The van der Waals surface area contributed by atoms with Crippen molar-refractivity contribution in [3.05, 3.63) is 30.5 Å². The summed E-state index contributed by atoms with van der Waals surface area (Å²) in [6.45, 7) is 0. The Hall–Kier alpha value is -3.49. The lowest BCUT2D eigenvalue weighted by atomic mass is 9.94. The number of rotatable bonds is 3. The molecule has 3 aromatic heterocycles. The first-order chi connectivity index (χ1) is 14.4. The third kappa shape index (κ3) is 2.38. The van der Waals surface area contributed by atoms with Crippen LogP contribution in [0, 0.1) is 23.2 Å². The lowest BCUT2D eigenvalue weighted by molar-refractivity contribution is -0.155. The largest absolute Gasteiger partial charge is 0.435 e. The number of hydrogen-bond acceptors (Lipinski definition) is 9. The summed E-state index contributed by atoms with van der Waals surface area (Å²) in [6.07, 6.45) is 3.59. The van der Waals surface area contributed by atoms with Crippen LogP contribution < -0.4 is 10.6 Å². The summed E-state index contributed by atoms with van der Waals surface area (Å²) >= 11 is 0. The highest BCUT2D eigenvalue weighted by Crippen LogP contribution is 2.68. The second-order valence-corrected chi connectivity index (χ2v) is 7.55. The molecule has 0 aliphatic heterocycles. The smallest absolute Gasteiger partial charge is 0.229 e.